The second-order valence-corrected chi connectivity index (χ2v) is 1.65. The maximum absolute atomic E-state index is 2.08. The zero-order valence-electron chi connectivity index (χ0n) is 4.89. The van der Waals surface area contributed by atoms with Crippen LogP contribution in [-0.2, 0) is 0 Å². The molecule has 2 N–H and O–H groups in total. The smallest absolute Gasteiger partial charge is 0.0398 e. The molecule has 0 bridgehead atoms. The lowest BCUT2D eigenvalue weighted by Gasteiger charge is -1.82. The Hall–Kier alpha value is -0.820. The first-order valence-electron chi connectivity index (χ1n) is 2.41. The second-order valence-electron chi connectivity index (χ2n) is 1.65. The molecule has 1 heteroatoms. The van der Waals surface area contributed by atoms with Crippen LogP contribution in [0.25, 0.3) is 0 Å². The van der Waals surface area contributed by atoms with Gasteiger partial charge in [0, 0.05) is 0 Å². The van der Waals surface area contributed by atoms with Crippen molar-refractivity contribution in [1.82, 2.24) is 0 Å². The molecule has 0 aliphatic rings. The molecule has 1 aromatic rings. The third kappa shape index (κ3) is 1.76. The van der Waals surface area contributed by atoms with E-state index in [0.717, 1.165) is 0 Å². The SMILES string of the molecule is Cc1ccccc1.O. The first-order valence-corrected chi connectivity index (χ1v) is 2.41. The lowest BCUT2D eigenvalue weighted by Crippen LogP contribution is -1.62. The van der Waals surface area contributed by atoms with E-state index in [1.54, 1.807) is 0 Å². The monoisotopic (exact) mass is 110 g/mol. The van der Waals surface area contributed by atoms with Gasteiger partial charge in [-0.05, 0) is 6.92 Å². The number of hydrogen-bond acceptors (Lipinski definition) is 0. The molecule has 44 valence electrons. The lowest BCUT2D eigenvalue weighted by atomic mass is 10.2. The fourth-order valence-electron chi connectivity index (χ4n) is 0.534. The summed E-state index contributed by atoms with van der Waals surface area (Å²) >= 11 is 0. The highest BCUT2D eigenvalue weighted by atomic mass is 16.0. The summed E-state index contributed by atoms with van der Waals surface area (Å²) in [6.07, 6.45) is 0. The van der Waals surface area contributed by atoms with Crippen molar-refractivity contribution >= 4 is 0 Å². The topological polar surface area (TPSA) is 31.5 Å². The molecule has 0 spiro atoms. The minimum absolute atomic E-state index is 0. The second kappa shape index (κ2) is 3.22. The van der Waals surface area contributed by atoms with Gasteiger partial charge >= 0.3 is 0 Å². The van der Waals surface area contributed by atoms with Gasteiger partial charge in [-0.15, -0.1) is 0 Å². The van der Waals surface area contributed by atoms with E-state index >= 15 is 0 Å². The summed E-state index contributed by atoms with van der Waals surface area (Å²) in [7, 11) is 0. The van der Waals surface area contributed by atoms with Crippen molar-refractivity contribution < 1.29 is 5.48 Å². The summed E-state index contributed by atoms with van der Waals surface area (Å²) in [5, 5.41) is 0. The molecule has 1 nitrogen and oxygen atoms in total. The summed E-state index contributed by atoms with van der Waals surface area (Å²) in [6, 6.07) is 10.3. The maximum Gasteiger partial charge on any atom is -0.0398 e. The predicted octanol–water partition coefficient (Wildman–Crippen LogP) is 1.17. The van der Waals surface area contributed by atoms with Gasteiger partial charge in [0.2, 0.25) is 0 Å². The van der Waals surface area contributed by atoms with Gasteiger partial charge in [0.05, 0.1) is 0 Å². The van der Waals surface area contributed by atoms with Crippen molar-refractivity contribution in [3.63, 3.8) is 0 Å². The molecular formula is C7H10O. The highest BCUT2D eigenvalue weighted by molar-refractivity contribution is 5.11. The van der Waals surface area contributed by atoms with Gasteiger partial charge in [0.1, 0.15) is 0 Å². The van der Waals surface area contributed by atoms with Crippen LogP contribution < -0.4 is 0 Å². The van der Waals surface area contributed by atoms with Crippen LogP contribution in [0.2, 0.25) is 0 Å². The van der Waals surface area contributed by atoms with Crippen molar-refractivity contribution in [3.05, 3.63) is 35.9 Å². The van der Waals surface area contributed by atoms with Crippen molar-refractivity contribution in [2.75, 3.05) is 0 Å². The minimum Gasteiger partial charge on any atom is -0.412 e. The highest BCUT2D eigenvalue weighted by Gasteiger charge is 1.72. The van der Waals surface area contributed by atoms with Crippen molar-refractivity contribution in [2.24, 2.45) is 0 Å². The summed E-state index contributed by atoms with van der Waals surface area (Å²) in [4.78, 5) is 0. The maximum atomic E-state index is 2.08. The number of hydrogen-bond donors (Lipinski definition) is 0. The molecule has 0 aromatic heterocycles. The summed E-state index contributed by atoms with van der Waals surface area (Å²) in [5.74, 6) is 0. The van der Waals surface area contributed by atoms with Crippen molar-refractivity contribution in [3.8, 4) is 0 Å². The van der Waals surface area contributed by atoms with Crippen LogP contribution in [0.4, 0.5) is 0 Å². The summed E-state index contributed by atoms with van der Waals surface area (Å²) in [5.41, 5.74) is 1.32. The van der Waals surface area contributed by atoms with Crippen LogP contribution in [0.15, 0.2) is 30.3 Å². The van der Waals surface area contributed by atoms with Crippen LogP contribution in [0.1, 0.15) is 5.56 Å². The average Bonchev–Trinajstić information content (AvgIpc) is 1.69. The molecule has 0 atom stereocenters. The van der Waals surface area contributed by atoms with E-state index in [2.05, 4.69) is 19.1 Å². The quantitative estimate of drug-likeness (QED) is 0.480. The first-order chi connectivity index (χ1) is 3.39. The molecule has 0 radical (unpaired) electrons. The van der Waals surface area contributed by atoms with Gasteiger partial charge in [-0.25, -0.2) is 0 Å². The molecule has 0 heterocycles. The summed E-state index contributed by atoms with van der Waals surface area (Å²) < 4.78 is 0. The minimum atomic E-state index is 0. The molecule has 1 aromatic carbocycles. The Kier molecular flexibility index (Phi) is 2.89. The molecule has 0 fully saturated rings. The van der Waals surface area contributed by atoms with Gasteiger partial charge in [0.15, 0.2) is 0 Å². The van der Waals surface area contributed by atoms with Gasteiger partial charge in [-0.1, -0.05) is 35.9 Å². The first kappa shape index (κ1) is 7.18. The van der Waals surface area contributed by atoms with Crippen LogP contribution in [-0.4, -0.2) is 5.48 Å². The zero-order valence-corrected chi connectivity index (χ0v) is 4.89. The van der Waals surface area contributed by atoms with Gasteiger partial charge in [-0.2, -0.15) is 0 Å². The van der Waals surface area contributed by atoms with Crippen molar-refractivity contribution in [1.29, 1.82) is 0 Å². The van der Waals surface area contributed by atoms with Crippen LogP contribution in [0, 0.1) is 6.92 Å². The Labute approximate surface area is 49.3 Å². The van der Waals surface area contributed by atoms with E-state index in [0.29, 0.717) is 0 Å². The Bertz CT molecular complexity index is 134. The van der Waals surface area contributed by atoms with Crippen LogP contribution in [0.5, 0.6) is 0 Å². The zero-order chi connectivity index (χ0) is 5.11. The molecule has 8 heavy (non-hydrogen) atoms. The Morgan fingerprint density at radius 3 is 1.75 bits per heavy atom. The average molecular weight is 110 g/mol. The molecule has 0 saturated carbocycles. The fourth-order valence-corrected chi connectivity index (χ4v) is 0.534. The molecule has 0 aliphatic heterocycles. The van der Waals surface area contributed by atoms with E-state index in [1.165, 1.54) is 5.56 Å². The van der Waals surface area contributed by atoms with Gasteiger partial charge in [-0.3, -0.25) is 0 Å². The third-order valence-corrected chi connectivity index (χ3v) is 0.940. The molecule has 0 unspecified atom stereocenters. The number of aryl methyl sites for hydroxylation is 1. The van der Waals surface area contributed by atoms with Crippen molar-refractivity contribution in [2.45, 2.75) is 6.92 Å². The third-order valence-electron chi connectivity index (χ3n) is 0.940. The van der Waals surface area contributed by atoms with E-state index < -0.39 is 0 Å². The van der Waals surface area contributed by atoms with Gasteiger partial charge < -0.3 is 5.48 Å². The predicted molar refractivity (Wildman–Crippen MR) is 34.8 cm³/mol. The summed E-state index contributed by atoms with van der Waals surface area (Å²) in [6.45, 7) is 2.08. The fraction of sp³-hybridized carbons (Fsp3) is 0.143. The van der Waals surface area contributed by atoms with E-state index in [1.807, 2.05) is 18.2 Å². The highest BCUT2D eigenvalue weighted by Crippen LogP contribution is 1.92. The van der Waals surface area contributed by atoms with E-state index in [9.17, 15) is 0 Å². The van der Waals surface area contributed by atoms with E-state index in [-0.39, 0.29) is 5.48 Å². The van der Waals surface area contributed by atoms with Crippen LogP contribution in [0.3, 0.4) is 0 Å². The van der Waals surface area contributed by atoms with E-state index in [4.69, 9.17) is 0 Å². The Morgan fingerprint density at radius 1 is 1.00 bits per heavy atom. The number of rotatable bonds is 0. The van der Waals surface area contributed by atoms with Gasteiger partial charge in [0.25, 0.3) is 0 Å². The molecule has 0 aliphatic carbocycles. The Morgan fingerprint density at radius 2 is 1.50 bits per heavy atom. The normalized spacial score (nSPS) is 7.62. The Balaban J connectivity index is 0.000000490. The number of benzene rings is 1. The van der Waals surface area contributed by atoms with Crippen LogP contribution >= 0.6 is 0 Å². The largest absolute Gasteiger partial charge is 0.412 e. The molecular weight excluding hydrogens is 100 g/mol. The lowest BCUT2D eigenvalue weighted by molar-refractivity contribution is 0.824. The standard InChI is InChI=1S/C7H8.H2O/c1-7-5-3-2-4-6-7;/h2-6H,1H3;1H2. The molecule has 0 saturated heterocycles. The molecule has 1 rings (SSSR count). The molecule has 0 amide bonds.